The monoisotopic (exact) mass is 209 g/mol. The molecule has 0 N–H and O–H groups in total. The Hall–Kier alpha value is -0.870. The molecule has 0 bridgehead atoms. The minimum atomic E-state index is -2.73. The van der Waals surface area contributed by atoms with Gasteiger partial charge in [0.15, 0.2) is 0 Å². The average Bonchev–Trinajstić information content (AvgIpc) is 2.50. The van der Waals surface area contributed by atoms with Crippen molar-refractivity contribution >= 4 is 6.09 Å². The molecule has 1 heterocycles. The van der Waals surface area contributed by atoms with Crippen LogP contribution in [0.4, 0.5) is 13.6 Å². The summed E-state index contributed by atoms with van der Waals surface area (Å²) in [6.07, 6.45) is -0.902. The molecule has 0 unspecified atom stereocenters. The van der Waals surface area contributed by atoms with Crippen LogP contribution in [0.5, 0.6) is 0 Å². The van der Waals surface area contributed by atoms with Crippen molar-refractivity contribution in [2.75, 3.05) is 19.7 Å². The van der Waals surface area contributed by atoms with E-state index in [2.05, 4.69) is 4.74 Å². The zero-order valence-electron chi connectivity index (χ0n) is 8.85. The van der Waals surface area contributed by atoms with E-state index >= 15 is 0 Å². The van der Waals surface area contributed by atoms with Crippen LogP contribution >= 0.6 is 0 Å². The van der Waals surface area contributed by atoms with Crippen LogP contribution < -0.4 is 0 Å². The molecule has 1 aliphatic rings. The van der Waals surface area contributed by atoms with Gasteiger partial charge in [0.2, 0.25) is 0 Å². The highest BCUT2D eigenvalue weighted by atomic mass is 19.3. The summed E-state index contributed by atoms with van der Waals surface area (Å²) >= 11 is 0. The van der Waals surface area contributed by atoms with Gasteiger partial charge in [0.25, 0.3) is 5.92 Å². The topological polar surface area (TPSA) is 29.5 Å². The van der Waals surface area contributed by atoms with Crippen LogP contribution in [0.3, 0.4) is 0 Å². The third kappa shape index (κ3) is 3.89. The number of amides is 1. The van der Waals surface area contributed by atoms with Crippen LogP contribution in [0, 0.1) is 0 Å². The molecule has 0 radical (unpaired) electrons. The predicted octanol–water partition coefficient (Wildman–Crippen LogP) is 2.51. The molecule has 0 aromatic heterocycles. The van der Waals surface area contributed by atoms with Gasteiger partial charge in [0.1, 0.15) is 0 Å². The number of hydrogen-bond acceptors (Lipinski definition) is 2. The van der Waals surface area contributed by atoms with Crippen LogP contribution in [-0.2, 0) is 4.74 Å². The Balaban J connectivity index is 0.000000791. The molecule has 0 spiro atoms. The van der Waals surface area contributed by atoms with Gasteiger partial charge >= 0.3 is 6.09 Å². The normalized spacial score (nSPS) is 18.5. The van der Waals surface area contributed by atoms with E-state index in [1.165, 1.54) is 0 Å². The second kappa shape index (κ2) is 5.78. The third-order valence-electron chi connectivity index (χ3n) is 1.70. The lowest BCUT2D eigenvalue weighted by Crippen LogP contribution is -2.31. The van der Waals surface area contributed by atoms with Gasteiger partial charge in [-0.2, -0.15) is 0 Å². The van der Waals surface area contributed by atoms with Crippen molar-refractivity contribution in [3.05, 3.63) is 0 Å². The van der Waals surface area contributed by atoms with Gasteiger partial charge in [0.05, 0.1) is 13.2 Å². The van der Waals surface area contributed by atoms with E-state index in [9.17, 15) is 13.6 Å². The highest BCUT2D eigenvalue weighted by molar-refractivity contribution is 5.68. The Bertz CT molecular complexity index is 186. The number of likely N-dealkylation sites (tertiary alicyclic amines) is 1. The number of hydrogen-bond donors (Lipinski definition) is 0. The average molecular weight is 209 g/mol. The Morgan fingerprint density at radius 1 is 1.50 bits per heavy atom. The molecule has 1 rings (SSSR count). The van der Waals surface area contributed by atoms with Crippen molar-refractivity contribution in [3.8, 4) is 0 Å². The van der Waals surface area contributed by atoms with Crippen molar-refractivity contribution in [1.29, 1.82) is 0 Å². The number of carbonyl (C=O) groups excluding carboxylic acids is 1. The highest BCUT2D eigenvalue weighted by Gasteiger charge is 2.40. The molecular weight excluding hydrogens is 192 g/mol. The Labute approximate surface area is 83.0 Å². The smallest absolute Gasteiger partial charge is 0.409 e. The number of nitrogens with zero attached hydrogens (tertiary/aromatic N) is 1. The van der Waals surface area contributed by atoms with Crippen molar-refractivity contribution in [3.63, 3.8) is 0 Å². The molecule has 1 amide bonds. The van der Waals surface area contributed by atoms with Gasteiger partial charge in [-0.15, -0.1) is 0 Å². The van der Waals surface area contributed by atoms with Crippen molar-refractivity contribution in [2.24, 2.45) is 0 Å². The van der Waals surface area contributed by atoms with Crippen LogP contribution in [0.2, 0.25) is 0 Å². The second-order valence-electron chi connectivity index (χ2n) is 2.73. The zero-order valence-corrected chi connectivity index (χ0v) is 8.85. The summed E-state index contributed by atoms with van der Waals surface area (Å²) in [5, 5.41) is 0. The van der Waals surface area contributed by atoms with Gasteiger partial charge in [-0.3, -0.25) is 0 Å². The summed E-state index contributed by atoms with van der Waals surface area (Å²) in [6, 6.07) is 0. The van der Waals surface area contributed by atoms with Gasteiger partial charge < -0.3 is 9.64 Å². The molecule has 0 aromatic carbocycles. The zero-order chi connectivity index (χ0) is 11.2. The number of ether oxygens (including phenoxy) is 1. The summed E-state index contributed by atoms with van der Waals surface area (Å²) in [5.41, 5.74) is 0. The lowest BCUT2D eigenvalue weighted by atomic mass is 10.3. The number of carbonyl (C=O) groups is 1. The lowest BCUT2D eigenvalue weighted by molar-refractivity contribution is 0.0110. The molecule has 0 saturated carbocycles. The minimum absolute atomic E-state index is 0.0891. The summed E-state index contributed by atoms with van der Waals surface area (Å²) in [5.74, 6) is -2.73. The number of alkyl halides is 2. The van der Waals surface area contributed by atoms with Gasteiger partial charge in [-0.25, -0.2) is 13.6 Å². The fourth-order valence-electron chi connectivity index (χ4n) is 1.11. The largest absolute Gasteiger partial charge is 0.450 e. The van der Waals surface area contributed by atoms with Crippen molar-refractivity contribution < 1.29 is 18.3 Å². The predicted molar refractivity (Wildman–Crippen MR) is 49.5 cm³/mol. The Morgan fingerprint density at radius 2 is 2.07 bits per heavy atom. The fraction of sp³-hybridized carbons (Fsp3) is 0.889. The first-order valence-electron chi connectivity index (χ1n) is 4.85. The van der Waals surface area contributed by atoms with E-state index in [1.54, 1.807) is 6.92 Å². The Morgan fingerprint density at radius 3 is 2.43 bits per heavy atom. The third-order valence-corrected chi connectivity index (χ3v) is 1.70. The molecule has 5 heteroatoms. The highest BCUT2D eigenvalue weighted by Crippen LogP contribution is 2.26. The first kappa shape index (κ1) is 13.1. The second-order valence-corrected chi connectivity index (χ2v) is 2.73. The first-order valence-corrected chi connectivity index (χ1v) is 4.85. The fourth-order valence-corrected chi connectivity index (χ4v) is 1.11. The lowest BCUT2D eigenvalue weighted by Gasteiger charge is -2.14. The summed E-state index contributed by atoms with van der Waals surface area (Å²) in [4.78, 5) is 11.9. The summed E-state index contributed by atoms with van der Waals surface area (Å²) in [6.45, 7) is 5.45. The van der Waals surface area contributed by atoms with E-state index in [-0.39, 0.29) is 19.6 Å². The molecule has 1 fully saturated rings. The van der Waals surface area contributed by atoms with Crippen LogP contribution in [-0.4, -0.2) is 36.6 Å². The van der Waals surface area contributed by atoms with Crippen molar-refractivity contribution in [2.45, 2.75) is 33.1 Å². The SMILES string of the molecule is CC.CCOC(=O)N1CCC(F)(F)C1. The number of rotatable bonds is 1. The molecule has 1 aliphatic heterocycles. The van der Waals surface area contributed by atoms with E-state index in [1.807, 2.05) is 13.8 Å². The van der Waals surface area contributed by atoms with E-state index in [0.717, 1.165) is 4.90 Å². The molecular formula is C9H17F2NO2. The standard InChI is InChI=1S/C7H11F2NO2.C2H6/c1-2-12-6(11)10-4-3-7(8,9)5-10;1-2/h2-5H2,1H3;1-2H3. The van der Waals surface area contributed by atoms with E-state index < -0.39 is 18.6 Å². The van der Waals surface area contributed by atoms with Gasteiger partial charge in [-0.05, 0) is 6.92 Å². The van der Waals surface area contributed by atoms with Gasteiger partial charge in [0, 0.05) is 13.0 Å². The molecule has 0 aliphatic carbocycles. The van der Waals surface area contributed by atoms with Crippen LogP contribution in [0.1, 0.15) is 27.2 Å². The number of halogens is 2. The maximum absolute atomic E-state index is 12.5. The van der Waals surface area contributed by atoms with Crippen LogP contribution in [0.15, 0.2) is 0 Å². The molecule has 14 heavy (non-hydrogen) atoms. The Kier molecular flexibility index (Phi) is 5.42. The molecule has 3 nitrogen and oxygen atoms in total. The van der Waals surface area contributed by atoms with E-state index in [0.29, 0.717) is 0 Å². The maximum atomic E-state index is 12.5. The molecule has 84 valence electrons. The first-order chi connectivity index (χ1) is 6.55. The quantitative estimate of drug-likeness (QED) is 0.664. The molecule has 1 saturated heterocycles. The summed E-state index contributed by atoms with van der Waals surface area (Å²) in [7, 11) is 0. The maximum Gasteiger partial charge on any atom is 0.409 e. The van der Waals surface area contributed by atoms with Gasteiger partial charge in [-0.1, -0.05) is 13.8 Å². The molecule has 0 aromatic rings. The van der Waals surface area contributed by atoms with Crippen molar-refractivity contribution in [1.82, 2.24) is 4.90 Å². The van der Waals surface area contributed by atoms with Crippen LogP contribution in [0.25, 0.3) is 0 Å². The molecule has 0 atom stereocenters. The minimum Gasteiger partial charge on any atom is -0.450 e. The van der Waals surface area contributed by atoms with E-state index in [4.69, 9.17) is 0 Å². The summed E-state index contributed by atoms with van der Waals surface area (Å²) < 4.78 is 29.7.